The number of nitrogens with one attached hydrogen (secondary N) is 1. The van der Waals surface area contributed by atoms with Gasteiger partial charge in [-0.2, -0.15) is 5.10 Å². The Labute approximate surface area is 166 Å². The number of hydrogen-bond donors (Lipinski definition) is 2. The molecule has 0 bridgehead atoms. The van der Waals surface area contributed by atoms with Gasteiger partial charge in [0.1, 0.15) is 5.60 Å². The molecular weight excluding hydrogens is 360 g/mol. The normalized spacial score (nSPS) is 20.2. The monoisotopic (exact) mass is 392 g/mol. The summed E-state index contributed by atoms with van der Waals surface area (Å²) in [5.74, 6) is -0.248. The van der Waals surface area contributed by atoms with Crippen LogP contribution in [0.3, 0.4) is 0 Å². The molecule has 2 aliphatic heterocycles. The van der Waals surface area contributed by atoms with Gasteiger partial charge in [0.05, 0.1) is 5.69 Å². The minimum absolute atomic E-state index is 0.0644. The first-order valence-corrected chi connectivity index (χ1v) is 10.2. The third-order valence-corrected chi connectivity index (χ3v) is 6.17. The van der Waals surface area contributed by atoms with E-state index in [1.165, 1.54) is 0 Å². The lowest BCUT2D eigenvalue weighted by Gasteiger charge is -2.38. The van der Waals surface area contributed by atoms with E-state index in [9.17, 15) is 14.7 Å². The number of piperidine rings is 1. The van der Waals surface area contributed by atoms with Gasteiger partial charge in [0, 0.05) is 64.3 Å². The van der Waals surface area contributed by atoms with Crippen LogP contribution >= 0.6 is 0 Å². The fourth-order valence-electron chi connectivity index (χ4n) is 4.08. The van der Waals surface area contributed by atoms with Gasteiger partial charge in [-0.1, -0.05) is 0 Å². The molecule has 3 heterocycles. The van der Waals surface area contributed by atoms with Crippen molar-refractivity contribution in [2.24, 2.45) is 7.05 Å². The van der Waals surface area contributed by atoms with Gasteiger partial charge < -0.3 is 20.1 Å². The molecule has 8 nitrogen and oxygen atoms in total. The molecule has 28 heavy (non-hydrogen) atoms. The van der Waals surface area contributed by atoms with E-state index in [1.807, 2.05) is 25.6 Å². The molecule has 2 N–H and O–H groups in total. The zero-order chi connectivity index (χ0) is 20.3. The fourth-order valence-corrected chi connectivity index (χ4v) is 4.08. The quantitative estimate of drug-likeness (QED) is 0.766. The number of aryl methyl sites for hydroxylation is 2. The number of carbonyl (C=O) groups is 2. The van der Waals surface area contributed by atoms with E-state index < -0.39 is 5.60 Å². The number of aromatic nitrogens is 2. The SMILES string of the molecule is Cc1nn(C)c(C)c1CCC(=O)N1CCC(O)(C(=O)NC2CCOCC2)CC1. The van der Waals surface area contributed by atoms with Crippen molar-refractivity contribution in [1.29, 1.82) is 0 Å². The van der Waals surface area contributed by atoms with Crippen LogP contribution in [0.5, 0.6) is 0 Å². The van der Waals surface area contributed by atoms with Gasteiger partial charge in [-0.25, -0.2) is 0 Å². The Balaban J connectivity index is 1.48. The zero-order valence-electron chi connectivity index (χ0n) is 17.2. The minimum Gasteiger partial charge on any atom is -0.381 e. The molecule has 0 spiro atoms. The summed E-state index contributed by atoms with van der Waals surface area (Å²) in [5, 5.41) is 18.1. The van der Waals surface area contributed by atoms with Crippen molar-refractivity contribution in [1.82, 2.24) is 20.0 Å². The molecule has 2 fully saturated rings. The second-order valence-electron chi connectivity index (χ2n) is 8.05. The van der Waals surface area contributed by atoms with Crippen LogP contribution in [0.2, 0.25) is 0 Å². The first kappa shape index (κ1) is 20.8. The van der Waals surface area contributed by atoms with Crippen LogP contribution in [0.15, 0.2) is 0 Å². The maximum absolute atomic E-state index is 12.6. The number of ether oxygens (including phenoxy) is 1. The lowest BCUT2D eigenvalue weighted by atomic mass is 9.89. The van der Waals surface area contributed by atoms with Crippen molar-refractivity contribution >= 4 is 11.8 Å². The van der Waals surface area contributed by atoms with Crippen LogP contribution in [-0.4, -0.2) is 69.5 Å². The molecular formula is C20H32N4O4. The standard InChI is InChI=1S/C20H32N4O4/c1-14-17(15(2)23(3)22-14)4-5-18(25)24-10-8-20(27,9-11-24)19(26)21-16-6-12-28-13-7-16/h16,27H,4-13H2,1-3H3,(H,21,26). The second-order valence-corrected chi connectivity index (χ2v) is 8.05. The lowest BCUT2D eigenvalue weighted by molar-refractivity contribution is -0.150. The van der Waals surface area contributed by atoms with Gasteiger partial charge in [-0.05, 0) is 38.7 Å². The average Bonchev–Trinajstić information content (AvgIpc) is 2.92. The molecule has 0 unspecified atom stereocenters. The summed E-state index contributed by atoms with van der Waals surface area (Å²) in [7, 11) is 1.91. The second kappa shape index (κ2) is 8.61. The van der Waals surface area contributed by atoms with Crippen molar-refractivity contribution in [3.8, 4) is 0 Å². The highest BCUT2D eigenvalue weighted by molar-refractivity contribution is 5.86. The topological polar surface area (TPSA) is 96.7 Å². The van der Waals surface area contributed by atoms with Crippen molar-refractivity contribution in [2.75, 3.05) is 26.3 Å². The van der Waals surface area contributed by atoms with E-state index in [4.69, 9.17) is 4.74 Å². The number of likely N-dealkylation sites (tertiary alicyclic amines) is 1. The third kappa shape index (κ3) is 4.55. The maximum Gasteiger partial charge on any atom is 0.252 e. The molecule has 0 aliphatic carbocycles. The van der Waals surface area contributed by atoms with E-state index in [0.29, 0.717) is 39.1 Å². The molecule has 2 aliphatic rings. The number of carbonyl (C=O) groups excluding carboxylic acids is 2. The van der Waals surface area contributed by atoms with Crippen molar-refractivity contribution < 1.29 is 19.4 Å². The summed E-state index contributed by atoms with van der Waals surface area (Å²) in [6.07, 6.45) is 3.19. The molecule has 2 saturated heterocycles. The van der Waals surface area contributed by atoms with E-state index >= 15 is 0 Å². The van der Waals surface area contributed by atoms with E-state index in [-0.39, 0.29) is 30.7 Å². The number of nitrogens with zero attached hydrogens (tertiary/aromatic N) is 3. The average molecular weight is 393 g/mol. The fraction of sp³-hybridized carbons (Fsp3) is 0.750. The predicted octanol–water partition coefficient (Wildman–Crippen LogP) is 0.618. The molecule has 1 aromatic rings. The molecule has 156 valence electrons. The van der Waals surface area contributed by atoms with Crippen LogP contribution in [0, 0.1) is 13.8 Å². The van der Waals surface area contributed by atoms with Crippen LogP contribution in [-0.2, 0) is 27.8 Å². The highest BCUT2D eigenvalue weighted by Gasteiger charge is 2.41. The molecule has 2 amide bonds. The Morgan fingerprint density at radius 1 is 1.25 bits per heavy atom. The molecule has 0 radical (unpaired) electrons. The molecule has 0 aromatic carbocycles. The minimum atomic E-state index is -1.38. The lowest BCUT2D eigenvalue weighted by Crippen LogP contribution is -2.57. The first-order valence-electron chi connectivity index (χ1n) is 10.2. The zero-order valence-corrected chi connectivity index (χ0v) is 17.2. The summed E-state index contributed by atoms with van der Waals surface area (Å²) in [4.78, 5) is 26.9. The highest BCUT2D eigenvalue weighted by Crippen LogP contribution is 2.24. The molecule has 8 heteroatoms. The summed E-state index contributed by atoms with van der Waals surface area (Å²) in [5.41, 5.74) is 1.79. The molecule has 3 rings (SSSR count). The number of rotatable bonds is 5. The largest absolute Gasteiger partial charge is 0.381 e. The maximum atomic E-state index is 12.6. The van der Waals surface area contributed by atoms with Crippen molar-refractivity contribution in [3.63, 3.8) is 0 Å². The van der Waals surface area contributed by atoms with Crippen LogP contribution in [0.4, 0.5) is 0 Å². The van der Waals surface area contributed by atoms with Gasteiger partial charge in [0.25, 0.3) is 5.91 Å². The summed E-state index contributed by atoms with van der Waals surface area (Å²) >= 11 is 0. The number of hydrogen-bond acceptors (Lipinski definition) is 5. The first-order chi connectivity index (χ1) is 13.3. The summed E-state index contributed by atoms with van der Waals surface area (Å²) in [6, 6.07) is 0.0656. The van der Waals surface area contributed by atoms with E-state index in [1.54, 1.807) is 4.90 Å². The van der Waals surface area contributed by atoms with Crippen molar-refractivity contribution in [3.05, 3.63) is 17.0 Å². The molecule has 0 atom stereocenters. The van der Waals surface area contributed by atoms with Gasteiger partial charge in [0.15, 0.2) is 0 Å². The van der Waals surface area contributed by atoms with Gasteiger partial charge in [0.2, 0.25) is 5.91 Å². The molecule has 1 aromatic heterocycles. The Bertz CT molecular complexity index is 716. The van der Waals surface area contributed by atoms with E-state index in [2.05, 4.69) is 10.4 Å². The molecule has 0 saturated carbocycles. The van der Waals surface area contributed by atoms with Crippen molar-refractivity contribution in [2.45, 2.75) is 64.0 Å². The van der Waals surface area contributed by atoms with Gasteiger partial charge in [-0.3, -0.25) is 14.3 Å². The van der Waals surface area contributed by atoms with Crippen LogP contribution in [0.1, 0.15) is 49.1 Å². The Morgan fingerprint density at radius 3 is 2.46 bits per heavy atom. The summed E-state index contributed by atoms with van der Waals surface area (Å²) < 4.78 is 7.14. The number of amides is 2. The predicted molar refractivity (Wildman–Crippen MR) is 104 cm³/mol. The Morgan fingerprint density at radius 2 is 1.89 bits per heavy atom. The van der Waals surface area contributed by atoms with Gasteiger partial charge >= 0.3 is 0 Å². The number of aliphatic hydroxyl groups is 1. The Hall–Kier alpha value is -1.93. The van der Waals surface area contributed by atoms with Crippen LogP contribution in [0.25, 0.3) is 0 Å². The van der Waals surface area contributed by atoms with E-state index in [0.717, 1.165) is 29.8 Å². The summed E-state index contributed by atoms with van der Waals surface area (Å²) in [6.45, 7) is 6.06. The Kier molecular flexibility index (Phi) is 6.40. The van der Waals surface area contributed by atoms with Crippen LogP contribution < -0.4 is 5.32 Å². The third-order valence-electron chi connectivity index (χ3n) is 6.17. The highest BCUT2D eigenvalue weighted by atomic mass is 16.5. The smallest absolute Gasteiger partial charge is 0.252 e. The van der Waals surface area contributed by atoms with Gasteiger partial charge in [-0.15, -0.1) is 0 Å².